The van der Waals surface area contributed by atoms with E-state index >= 15 is 0 Å². The number of rotatable bonds is 1. The van der Waals surface area contributed by atoms with Crippen LogP contribution in [-0.2, 0) is 13.2 Å². The number of hydrogen-bond acceptors (Lipinski definition) is 0. The van der Waals surface area contributed by atoms with Crippen molar-refractivity contribution in [2.45, 2.75) is 6.18 Å². The summed E-state index contributed by atoms with van der Waals surface area (Å²) < 4.78 is 40.4. The number of fused-ring (bicyclic) bond motifs is 1. The summed E-state index contributed by atoms with van der Waals surface area (Å²) in [6.45, 7) is 0. The summed E-state index contributed by atoms with van der Waals surface area (Å²) in [5.41, 5.74) is 1.70. The second-order valence-corrected chi connectivity index (χ2v) is 4.75. The fraction of sp³-hybridized carbons (Fsp3) is 0.125. The van der Waals surface area contributed by atoms with E-state index in [9.17, 15) is 13.2 Å². The number of alkyl halides is 3. The Morgan fingerprint density at radius 3 is 2.45 bits per heavy atom. The molecule has 0 unspecified atom stereocenters. The third-order valence-electron chi connectivity index (χ3n) is 3.40. The summed E-state index contributed by atoms with van der Waals surface area (Å²) in [4.78, 5) is 0. The van der Waals surface area contributed by atoms with Crippen molar-refractivity contribution in [2.24, 2.45) is 7.05 Å². The standard InChI is InChI=1S/C16H12F3N/c1-20-9-8-11-4-3-7-14(15(11)20)12-5-2-6-13(10-12)16(17,18)19/h2-10H,1H3. The molecule has 20 heavy (non-hydrogen) atoms. The second kappa shape index (κ2) is 4.40. The Morgan fingerprint density at radius 2 is 1.70 bits per heavy atom. The molecule has 3 rings (SSSR count). The van der Waals surface area contributed by atoms with Crippen LogP contribution in [0.4, 0.5) is 13.2 Å². The number of aromatic nitrogens is 1. The molecular formula is C16H12F3N. The summed E-state index contributed by atoms with van der Waals surface area (Å²) in [5, 5.41) is 1.02. The molecule has 0 aliphatic rings. The van der Waals surface area contributed by atoms with Crippen molar-refractivity contribution in [1.29, 1.82) is 0 Å². The average molecular weight is 275 g/mol. The Kier molecular flexibility index (Phi) is 2.82. The van der Waals surface area contributed by atoms with Gasteiger partial charge in [0.1, 0.15) is 0 Å². The Morgan fingerprint density at radius 1 is 0.950 bits per heavy atom. The van der Waals surface area contributed by atoms with E-state index in [1.54, 1.807) is 6.07 Å². The summed E-state index contributed by atoms with van der Waals surface area (Å²) in [7, 11) is 1.89. The van der Waals surface area contributed by atoms with E-state index in [-0.39, 0.29) is 0 Å². The second-order valence-electron chi connectivity index (χ2n) is 4.75. The fourth-order valence-electron chi connectivity index (χ4n) is 2.45. The van der Waals surface area contributed by atoms with Gasteiger partial charge in [0.15, 0.2) is 0 Å². The Balaban J connectivity index is 2.24. The predicted molar refractivity (Wildman–Crippen MR) is 73.4 cm³/mol. The number of hydrogen-bond donors (Lipinski definition) is 0. The highest BCUT2D eigenvalue weighted by Crippen LogP contribution is 2.34. The van der Waals surface area contributed by atoms with Gasteiger partial charge in [-0.15, -0.1) is 0 Å². The fourth-order valence-corrected chi connectivity index (χ4v) is 2.45. The van der Waals surface area contributed by atoms with Crippen LogP contribution in [0.5, 0.6) is 0 Å². The highest BCUT2D eigenvalue weighted by atomic mass is 19.4. The molecule has 4 heteroatoms. The minimum atomic E-state index is -4.32. The third-order valence-corrected chi connectivity index (χ3v) is 3.40. The average Bonchev–Trinajstić information content (AvgIpc) is 2.80. The van der Waals surface area contributed by atoms with Gasteiger partial charge in [0.2, 0.25) is 0 Å². The molecule has 0 bridgehead atoms. The van der Waals surface area contributed by atoms with Gasteiger partial charge in [-0.05, 0) is 23.8 Å². The molecule has 2 aromatic carbocycles. The van der Waals surface area contributed by atoms with Crippen LogP contribution in [0.25, 0.3) is 22.0 Å². The Hall–Kier alpha value is -2.23. The molecule has 0 amide bonds. The van der Waals surface area contributed by atoms with Crippen LogP contribution < -0.4 is 0 Å². The van der Waals surface area contributed by atoms with E-state index in [2.05, 4.69) is 0 Å². The highest BCUT2D eigenvalue weighted by Gasteiger charge is 2.30. The van der Waals surface area contributed by atoms with Crippen LogP contribution in [-0.4, -0.2) is 4.57 Å². The Bertz CT molecular complexity index is 769. The first-order valence-corrected chi connectivity index (χ1v) is 6.18. The lowest BCUT2D eigenvalue weighted by Gasteiger charge is -2.10. The molecule has 0 saturated heterocycles. The molecule has 1 nitrogen and oxygen atoms in total. The molecule has 0 radical (unpaired) electrons. The maximum atomic E-state index is 12.8. The zero-order valence-electron chi connectivity index (χ0n) is 10.8. The maximum absolute atomic E-state index is 12.8. The molecule has 0 N–H and O–H groups in total. The number of halogens is 3. The van der Waals surface area contributed by atoms with Gasteiger partial charge in [0.25, 0.3) is 0 Å². The van der Waals surface area contributed by atoms with Gasteiger partial charge in [0.05, 0.1) is 11.1 Å². The van der Waals surface area contributed by atoms with Crippen molar-refractivity contribution in [3.05, 3.63) is 60.3 Å². The lowest BCUT2D eigenvalue weighted by atomic mass is 10.0. The van der Waals surface area contributed by atoms with Gasteiger partial charge in [-0.2, -0.15) is 13.2 Å². The monoisotopic (exact) mass is 275 g/mol. The van der Waals surface area contributed by atoms with Gasteiger partial charge >= 0.3 is 6.18 Å². The number of para-hydroxylation sites is 1. The maximum Gasteiger partial charge on any atom is 0.416 e. The van der Waals surface area contributed by atoms with E-state index in [0.29, 0.717) is 5.56 Å². The molecule has 0 saturated carbocycles. The number of nitrogens with zero attached hydrogens (tertiary/aromatic N) is 1. The normalized spacial score (nSPS) is 12.0. The van der Waals surface area contributed by atoms with Crippen LogP contribution in [0.2, 0.25) is 0 Å². The molecule has 0 fully saturated rings. The number of benzene rings is 2. The molecule has 0 aliphatic carbocycles. The van der Waals surface area contributed by atoms with Gasteiger partial charge < -0.3 is 4.57 Å². The van der Waals surface area contributed by atoms with Crippen LogP contribution in [0.1, 0.15) is 5.56 Å². The van der Waals surface area contributed by atoms with Crippen molar-refractivity contribution in [1.82, 2.24) is 4.57 Å². The minimum Gasteiger partial charge on any atom is -0.350 e. The van der Waals surface area contributed by atoms with E-state index in [1.807, 2.05) is 42.1 Å². The first-order chi connectivity index (χ1) is 9.47. The first kappa shape index (κ1) is 12.8. The van der Waals surface area contributed by atoms with E-state index < -0.39 is 11.7 Å². The zero-order chi connectivity index (χ0) is 14.3. The molecule has 3 aromatic rings. The molecular weight excluding hydrogens is 263 g/mol. The third kappa shape index (κ3) is 2.07. The molecule has 1 aromatic heterocycles. The quantitative estimate of drug-likeness (QED) is 0.597. The summed E-state index contributed by atoms with van der Waals surface area (Å²) in [6.07, 6.45) is -2.42. The molecule has 0 atom stereocenters. The Labute approximate surface area is 114 Å². The van der Waals surface area contributed by atoms with Crippen molar-refractivity contribution < 1.29 is 13.2 Å². The first-order valence-electron chi connectivity index (χ1n) is 6.18. The van der Waals surface area contributed by atoms with Crippen molar-refractivity contribution in [3.63, 3.8) is 0 Å². The SMILES string of the molecule is Cn1ccc2cccc(-c3cccc(C(F)(F)F)c3)c21. The largest absolute Gasteiger partial charge is 0.416 e. The minimum absolute atomic E-state index is 0.576. The summed E-state index contributed by atoms with van der Waals surface area (Å²) in [5.74, 6) is 0. The molecule has 0 aliphatic heterocycles. The van der Waals surface area contributed by atoms with Crippen LogP contribution in [0.15, 0.2) is 54.7 Å². The van der Waals surface area contributed by atoms with Gasteiger partial charge in [-0.1, -0.05) is 30.3 Å². The molecule has 0 spiro atoms. The van der Waals surface area contributed by atoms with Crippen molar-refractivity contribution in [3.8, 4) is 11.1 Å². The van der Waals surface area contributed by atoms with E-state index in [0.717, 1.165) is 22.5 Å². The summed E-state index contributed by atoms with van der Waals surface area (Å²) >= 11 is 0. The van der Waals surface area contributed by atoms with Crippen LogP contribution in [0, 0.1) is 0 Å². The van der Waals surface area contributed by atoms with Crippen LogP contribution >= 0.6 is 0 Å². The lowest BCUT2D eigenvalue weighted by Crippen LogP contribution is -2.04. The lowest BCUT2D eigenvalue weighted by molar-refractivity contribution is -0.137. The highest BCUT2D eigenvalue weighted by molar-refractivity contribution is 5.94. The predicted octanol–water partition coefficient (Wildman–Crippen LogP) is 4.86. The zero-order valence-corrected chi connectivity index (χ0v) is 10.8. The smallest absolute Gasteiger partial charge is 0.350 e. The topological polar surface area (TPSA) is 4.93 Å². The van der Waals surface area contributed by atoms with Crippen LogP contribution in [0.3, 0.4) is 0 Å². The van der Waals surface area contributed by atoms with E-state index in [1.165, 1.54) is 12.1 Å². The molecule has 1 heterocycles. The van der Waals surface area contributed by atoms with Gasteiger partial charge in [-0.3, -0.25) is 0 Å². The van der Waals surface area contributed by atoms with Gasteiger partial charge in [-0.25, -0.2) is 0 Å². The van der Waals surface area contributed by atoms with Crippen molar-refractivity contribution >= 4 is 10.9 Å². The summed E-state index contributed by atoms with van der Waals surface area (Å²) in [6, 6.07) is 13.0. The van der Waals surface area contributed by atoms with E-state index in [4.69, 9.17) is 0 Å². The van der Waals surface area contributed by atoms with Crippen molar-refractivity contribution in [2.75, 3.05) is 0 Å². The number of aryl methyl sites for hydroxylation is 1. The molecule has 102 valence electrons. The van der Waals surface area contributed by atoms with Gasteiger partial charge in [0, 0.05) is 24.2 Å².